The van der Waals surface area contributed by atoms with Crippen molar-refractivity contribution in [1.82, 2.24) is 0 Å². The Morgan fingerprint density at radius 1 is 2.00 bits per heavy atom. The fourth-order valence-corrected chi connectivity index (χ4v) is 1.55. The molecule has 0 saturated heterocycles. The first-order valence-corrected chi connectivity index (χ1v) is 7.70. The van der Waals surface area contributed by atoms with Gasteiger partial charge < -0.3 is 0 Å². The van der Waals surface area contributed by atoms with Crippen LogP contribution in [0.4, 0.5) is 0 Å². The molecule has 0 N–H and O–H groups in total. The Morgan fingerprint density at radius 3 is 2.60 bits per heavy atom. The summed E-state index contributed by atoms with van der Waals surface area (Å²) in [5, 5.41) is 1.28. The monoisotopic (exact) mass is 196 g/mol. The van der Waals surface area contributed by atoms with E-state index in [0.29, 0.717) is 0 Å². The molecule has 0 rings (SSSR count). The summed E-state index contributed by atoms with van der Waals surface area (Å²) in [6.07, 6.45) is 1.98. The Morgan fingerprint density at radius 2 is 2.60 bits per heavy atom. The van der Waals surface area contributed by atoms with E-state index in [2.05, 4.69) is 26.9 Å². The molecule has 0 aromatic heterocycles. The predicted octanol–water partition coefficient (Wildman–Crippen LogP) is 1.38. The van der Waals surface area contributed by atoms with Crippen LogP contribution in [0.1, 0.15) is 0 Å². The van der Waals surface area contributed by atoms with E-state index in [-0.39, 0.29) is 11.9 Å². The fourth-order valence-electron chi connectivity index (χ4n) is 0.0772. The second kappa shape index (κ2) is 5.00. The van der Waals surface area contributed by atoms with Crippen molar-refractivity contribution in [3.63, 3.8) is 0 Å². The minimum atomic E-state index is 0.266. The van der Waals surface area contributed by atoms with Crippen LogP contribution < -0.4 is 0 Å². The highest BCUT2D eigenvalue weighted by atomic mass is 127. The van der Waals surface area contributed by atoms with Gasteiger partial charge in [-0.15, -0.1) is 12.7 Å². The Labute approximate surface area is 50.0 Å². The molecule has 0 aromatic carbocycles. The maximum atomic E-state index is 3.58. The van der Waals surface area contributed by atoms with E-state index in [1.807, 2.05) is 6.08 Å². The van der Waals surface area contributed by atoms with Gasteiger partial charge in [-0.1, -0.05) is 5.28 Å². The highest BCUT2D eigenvalue weighted by molar-refractivity contribution is 14.1. The highest BCUT2D eigenvalue weighted by Gasteiger charge is 1.73. The van der Waals surface area contributed by atoms with E-state index in [1.54, 1.807) is 0 Å². The average Bonchev–Trinajstić information content (AvgIpc) is 1.41. The van der Waals surface area contributed by atoms with Crippen molar-refractivity contribution in [3.8, 4) is 0 Å². The van der Waals surface area contributed by atoms with Gasteiger partial charge in [0.25, 0.3) is 0 Å². The van der Waals surface area contributed by atoms with E-state index in [1.165, 1.54) is 5.28 Å². The van der Waals surface area contributed by atoms with Gasteiger partial charge in [-0.2, -0.15) is 0 Å². The number of halogens is 1. The van der Waals surface area contributed by atoms with Crippen LogP contribution in [0.25, 0.3) is 0 Å². The van der Waals surface area contributed by atoms with Crippen LogP contribution in [0.15, 0.2) is 12.7 Å². The molecule has 5 heavy (non-hydrogen) atoms. The van der Waals surface area contributed by atoms with Crippen molar-refractivity contribution in [2.45, 2.75) is 5.28 Å². The molecule has 0 atom stereocenters. The van der Waals surface area contributed by atoms with Crippen LogP contribution in [0.5, 0.6) is 0 Å². The van der Waals surface area contributed by atoms with Crippen molar-refractivity contribution in [2.75, 3.05) is 0 Å². The highest BCUT2D eigenvalue weighted by Crippen LogP contribution is 1.83. The van der Waals surface area contributed by atoms with E-state index in [4.69, 9.17) is 0 Å². The first kappa shape index (κ1) is 6.00. The van der Waals surface area contributed by atoms with E-state index < -0.39 is 0 Å². The van der Waals surface area contributed by atoms with Crippen LogP contribution in [0.2, 0.25) is 5.28 Å². The van der Waals surface area contributed by atoms with Crippen molar-refractivity contribution in [1.29, 1.82) is 0 Å². The van der Waals surface area contributed by atoms with Gasteiger partial charge in [-0.3, -0.25) is 0 Å². The third kappa shape index (κ3) is 5.00. The van der Waals surface area contributed by atoms with Gasteiger partial charge in [-0.05, 0) is 0 Å². The van der Waals surface area contributed by atoms with Crippen LogP contribution >= 0.6 is 20.3 Å². The average molecular weight is 196 g/mol. The van der Waals surface area contributed by atoms with Gasteiger partial charge in [0.05, 0.1) is 0 Å². The van der Waals surface area contributed by atoms with Gasteiger partial charge in [-0.25, -0.2) is 20.3 Å². The quantitative estimate of drug-likeness (QED) is 0.355. The van der Waals surface area contributed by atoms with Crippen LogP contribution in [-0.2, 0) is 0 Å². The minimum Gasteiger partial charge on any atom is -0.215 e. The maximum absolute atomic E-state index is 3.58. The molecule has 0 aliphatic rings. The molecule has 0 saturated carbocycles. The molecule has 0 fully saturated rings. The zero-order chi connectivity index (χ0) is 4.12. The second-order valence-electron chi connectivity index (χ2n) is 0.766. The molecule has 0 spiro atoms. The van der Waals surface area contributed by atoms with Gasteiger partial charge in [0, 0.05) is 0 Å². The summed E-state index contributed by atoms with van der Waals surface area (Å²) in [6, 6.07) is 0. The lowest BCUT2D eigenvalue weighted by Crippen LogP contribution is -1.63. The first-order chi connectivity index (χ1) is 2.41. The zero-order valence-corrected chi connectivity index (χ0v) is 6.65. The summed E-state index contributed by atoms with van der Waals surface area (Å²) in [5.41, 5.74) is 0. The molecule has 0 bridgehead atoms. The summed E-state index contributed by atoms with van der Waals surface area (Å²) in [7, 11) is 0. The smallest absolute Gasteiger partial charge is 0.215 e. The summed E-state index contributed by atoms with van der Waals surface area (Å²) in [5.74, 6) is 0. The number of rotatable bonds is 2. The van der Waals surface area contributed by atoms with E-state index in [0.717, 1.165) is 0 Å². The molecule has 0 radical (unpaired) electrons. The maximum Gasteiger partial charge on any atom is 0.340 e. The number of allylic oxidation sites excluding steroid dienone is 1. The SMILES string of the molecule is C=C[CH2][AlH][I]. The van der Waals surface area contributed by atoms with Gasteiger partial charge in [0.2, 0.25) is 0 Å². The lowest BCUT2D eigenvalue weighted by Gasteiger charge is -1.65. The molecular formula is C3H6AlI. The second-order valence-corrected chi connectivity index (χ2v) is 4.96. The third-order valence-corrected chi connectivity index (χ3v) is 2.81. The van der Waals surface area contributed by atoms with Crippen molar-refractivity contribution >= 4 is 32.2 Å². The fraction of sp³-hybridized carbons (Fsp3) is 0.333. The lowest BCUT2D eigenvalue weighted by atomic mass is 10.8. The summed E-state index contributed by atoms with van der Waals surface area (Å²) in [6.45, 7) is 3.58. The van der Waals surface area contributed by atoms with Gasteiger partial charge in [0.15, 0.2) is 0 Å². The van der Waals surface area contributed by atoms with Crippen LogP contribution in [-0.4, -0.2) is 11.9 Å². The Bertz CT molecular complexity index is 28.1. The van der Waals surface area contributed by atoms with Crippen LogP contribution in [0.3, 0.4) is 0 Å². The number of hydrogen-bond donors (Lipinski definition) is 0. The molecule has 0 nitrogen and oxygen atoms in total. The molecule has 0 aliphatic carbocycles. The summed E-state index contributed by atoms with van der Waals surface area (Å²) < 4.78 is 0. The van der Waals surface area contributed by atoms with Gasteiger partial charge >= 0.3 is 11.9 Å². The molecule has 0 heterocycles. The Hall–Kier alpha value is 1.00. The molecule has 0 aromatic rings. The molecule has 0 amide bonds. The molecular weight excluding hydrogens is 190 g/mol. The topological polar surface area (TPSA) is 0 Å². The Kier molecular flexibility index (Phi) is 6.01. The van der Waals surface area contributed by atoms with E-state index >= 15 is 0 Å². The van der Waals surface area contributed by atoms with Crippen LogP contribution in [0, 0.1) is 0 Å². The van der Waals surface area contributed by atoms with E-state index in [9.17, 15) is 0 Å². The predicted molar refractivity (Wildman–Crippen MR) is 36.2 cm³/mol. The van der Waals surface area contributed by atoms with Crippen molar-refractivity contribution in [3.05, 3.63) is 12.7 Å². The number of hydrogen-bond acceptors (Lipinski definition) is 0. The minimum absolute atomic E-state index is 0.266. The lowest BCUT2D eigenvalue weighted by molar-refractivity contribution is 1.76. The Balaban J connectivity index is 2.40. The molecule has 0 aliphatic heterocycles. The first-order valence-electron chi connectivity index (χ1n) is 1.58. The van der Waals surface area contributed by atoms with Crippen molar-refractivity contribution in [2.24, 2.45) is 0 Å². The van der Waals surface area contributed by atoms with Crippen molar-refractivity contribution < 1.29 is 0 Å². The summed E-state index contributed by atoms with van der Waals surface area (Å²) in [4.78, 5) is 0. The normalized spacial score (nSPS) is 6.60. The molecule has 2 heteroatoms. The molecule has 0 unspecified atom stereocenters. The standard InChI is InChI=1S/C3H5.Al.HI.H/c1-3-2;;;/h3H,1-2H2;;1H;/q;+1;;/p-1. The third-order valence-electron chi connectivity index (χ3n) is 0.313. The largest absolute Gasteiger partial charge is 0.340 e. The van der Waals surface area contributed by atoms with Gasteiger partial charge in [0.1, 0.15) is 0 Å². The zero-order valence-electron chi connectivity index (χ0n) is 3.08. The summed E-state index contributed by atoms with van der Waals surface area (Å²) >= 11 is 2.72. The molecule has 28 valence electrons.